The number of fused-ring (bicyclic) bond motifs is 6. The van der Waals surface area contributed by atoms with Crippen LogP contribution in [0.15, 0.2) is 118 Å². The minimum atomic E-state index is -0.427. The number of hydrogen-bond acceptors (Lipinski definition) is 0. The molecule has 6 aromatic rings. The van der Waals surface area contributed by atoms with Crippen molar-refractivity contribution < 1.29 is 0 Å². The Balaban J connectivity index is 1.66. The van der Waals surface area contributed by atoms with Crippen LogP contribution in [0.5, 0.6) is 0 Å². The largest absolute Gasteiger partial charge is 0.341 e. The van der Waals surface area contributed by atoms with Crippen LogP contribution in [0, 0.1) is 0 Å². The summed E-state index contributed by atoms with van der Waals surface area (Å²) in [6.45, 7) is 3.17. The second-order valence-electron chi connectivity index (χ2n) is 9.49. The third kappa shape index (κ3) is 2.93. The first kappa shape index (κ1) is 22.1. The summed E-state index contributed by atoms with van der Waals surface area (Å²) in [5.41, 5.74) is 9.93. The maximum atomic E-state index is 3.79. The van der Waals surface area contributed by atoms with Gasteiger partial charge in [0, 0.05) is 37.3 Å². The normalized spacial score (nSPS) is 13.8. The van der Waals surface area contributed by atoms with E-state index in [-0.39, 0.29) is 0 Å². The van der Waals surface area contributed by atoms with Crippen molar-refractivity contribution in [3.05, 3.63) is 140 Å². The lowest BCUT2D eigenvalue weighted by Crippen LogP contribution is -2.28. The Labute approximate surface area is 227 Å². The van der Waals surface area contributed by atoms with Crippen LogP contribution < -0.4 is 0 Å². The molecule has 0 unspecified atom stereocenters. The average molecular weight is 593 g/mol. The molecule has 1 aliphatic rings. The number of halogens is 2. The number of para-hydroxylation sites is 1. The Hall–Kier alpha value is -3.14. The number of hydrogen-bond donors (Lipinski definition) is 0. The standard InChI is InChI=1S/C33H23Br2N/c1-2-36-31-11-7-6-10-27(31)28-18-22(12-17-32(28)36)33(21-8-4-3-5-9-21)29-19-23(34)13-15-25(29)26-16-14-24(35)20-30(26)33/h3-20H,2H2,1H3. The van der Waals surface area contributed by atoms with Crippen LogP contribution in [0.4, 0.5) is 0 Å². The summed E-state index contributed by atoms with van der Waals surface area (Å²) in [5, 5.41) is 2.61. The fourth-order valence-corrected chi connectivity index (χ4v) is 7.09. The molecule has 5 aromatic carbocycles. The lowest BCUT2D eigenvalue weighted by molar-refractivity contribution is 0.768. The molecule has 174 valence electrons. The molecule has 0 bridgehead atoms. The highest BCUT2D eigenvalue weighted by atomic mass is 79.9. The highest BCUT2D eigenvalue weighted by molar-refractivity contribution is 9.10. The summed E-state index contributed by atoms with van der Waals surface area (Å²) in [7, 11) is 0. The Morgan fingerprint density at radius 2 is 1.19 bits per heavy atom. The second kappa shape index (κ2) is 8.19. The molecule has 0 saturated heterocycles. The molecule has 3 heteroatoms. The number of aryl methyl sites for hydroxylation is 1. The van der Waals surface area contributed by atoms with Crippen LogP contribution in [0.1, 0.15) is 29.2 Å². The van der Waals surface area contributed by atoms with Crippen LogP contribution >= 0.6 is 31.9 Å². The van der Waals surface area contributed by atoms with E-state index in [0.29, 0.717) is 0 Å². The van der Waals surface area contributed by atoms with Crippen LogP contribution in [0.3, 0.4) is 0 Å². The van der Waals surface area contributed by atoms with Crippen LogP contribution in [-0.4, -0.2) is 4.57 Å². The molecule has 1 nitrogen and oxygen atoms in total. The molecule has 0 aliphatic heterocycles. The molecule has 0 N–H and O–H groups in total. The predicted octanol–water partition coefficient (Wildman–Crippen LogP) is 9.70. The maximum absolute atomic E-state index is 3.79. The van der Waals surface area contributed by atoms with E-state index in [1.807, 2.05) is 0 Å². The third-order valence-corrected chi connectivity index (χ3v) is 8.78. The van der Waals surface area contributed by atoms with Gasteiger partial charge in [-0.05, 0) is 82.8 Å². The van der Waals surface area contributed by atoms with E-state index in [4.69, 9.17) is 0 Å². The van der Waals surface area contributed by atoms with Gasteiger partial charge in [0.15, 0.2) is 0 Å². The van der Waals surface area contributed by atoms with Gasteiger partial charge in [0.25, 0.3) is 0 Å². The Morgan fingerprint density at radius 1 is 0.583 bits per heavy atom. The zero-order valence-electron chi connectivity index (χ0n) is 19.8. The van der Waals surface area contributed by atoms with Gasteiger partial charge in [-0.1, -0.05) is 98.6 Å². The molecular weight excluding hydrogens is 570 g/mol. The molecule has 0 radical (unpaired) electrons. The van der Waals surface area contributed by atoms with Crippen LogP contribution in [0.2, 0.25) is 0 Å². The number of nitrogens with zero attached hydrogens (tertiary/aromatic N) is 1. The molecule has 0 atom stereocenters. The van der Waals surface area contributed by atoms with E-state index in [0.717, 1.165) is 15.5 Å². The smallest absolute Gasteiger partial charge is 0.0714 e. The van der Waals surface area contributed by atoms with E-state index < -0.39 is 5.41 Å². The first-order valence-corrected chi connectivity index (χ1v) is 13.9. The summed E-state index contributed by atoms with van der Waals surface area (Å²) < 4.78 is 4.61. The van der Waals surface area contributed by atoms with E-state index >= 15 is 0 Å². The zero-order valence-corrected chi connectivity index (χ0v) is 23.0. The molecule has 0 saturated carbocycles. The summed E-state index contributed by atoms with van der Waals surface area (Å²) in [4.78, 5) is 0. The van der Waals surface area contributed by atoms with Gasteiger partial charge >= 0.3 is 0 Å². The summed E-state index contributed by atoms with van der Waals surface area (Å²) in [5.74, 6) is 0. The van der Waals surface area contributed by atoms with Gasteiger partial charge in [0.2, 0.25) is 0 Å². The highest BCUT2D eigenvalue weighted by Gasteiger charge is 2.46. The molecule has 36 heavy (non-hydrogen) atoms. The molecule has 0 spiro atoms. The molecule has 0 fully saturated rings. The molecular formula is C33H23Br2N. The summed E-state index contributed by atoms with van der Waals surface area (Å²) in [6, 6.07) is 40.3. The average Bonchev–Trinajstić information content (AvgIpc) is 3.38. The van der Waals surface area contributed by atoms with Gasteiger partial charge in [-0.3, -0.25) is 0 Å². The van der Waals surface area contributed by atoms with Crippen molar-refractivity contribution in [2.75, 3.05) is 0 Å². The SMILES string of the molecule is CCn1c2ccccc2c2cc(C3(c4ccccc4)c4cc(Br)ccc4-c4ccc(Br)cc43)ccc21. The van der Waals surface area contributed by atoms with E-state index in [1.54, 1.807) is 0 Å². The van der Waals surface area contributed by atoms with Gasteiger partial charge in [0.05, 0.1) is 5.41 Å². The van der Waals surface area contributed by atoms with Crippen molar-refractivity contribution in [3.8, 4) is 11.1 Å². The monoisotopic (exact) mass is 591 g/mol. The first-order chi connectivity index (χ1) is 17.6. The summed E-state index contributed by atoms with van der Waals surface area (Å²) >= 11 is 7.59. The number of rotatable bonds is 3. The van der Waals surface area contributed by atoms with Crippen molar-refractivity contribution >= 4 is 53.7 Å². The molecule has 1 aromatic heterocycles. The quantitative estimate of drug-likeness (QED) is 0.192. The minimum absolute atomic E-state index is 0.427. The van der Waals surface area contributed by atoms with Crippen molar-refractivity contribution in [1.29, 1.82) is 0 Å². The van der Waals surface area contributed by atoms with Gasteiger partial charge in [0.1, 0.15) is 0 Å². The fourth-order valence-electron chi connectivity index (χ4n) is 6.37. The predicted molar refractivity (Wildman–Crippen MR) is 158 cm³/mol. The minimum Gasteiger partial charge on any atom is -0.341 e. The Morgan fingerprint density at radius 3 is 1.86 bits per heavy atom. The maximum Gasteiger partial charge on any atom is 0.0714 e. The van der Waals surface area contributed by atoms with Gasteiger partial charge in [-0.15, -0.1) is 0 Å². The van der Waals surface area contributed by atoms with E-state index in [9.17, 15) is 0 Å². The lowest BCUT2D eigenvalue weighted by atomic mass is 9.67. The molecule has 0 amide bonds. The van der Waals surface area contributed by atoms with E-state index in [1.165, 1.54) is 55.2 Å². The second-order valence-corrected chi connectivity index (χ2v) is 11.3. The first-order valence-electron chi connectivity index (χ1n) is 12.3. The number of aromatic nitrogens is 1. The van der Waals surface area contributed by atoms with Gasteiger partial charge in [-0.25, -0.2) is 0 Å². The van der Waals surface area contributed by atoms with Crippen molar-refractivity contribution in [3.63, 3.8) is 0 Å². The zero-order chi connectivity index (χ0) is 24.4. The lowest BCUT2D eigenvalue weighted by Gasteiger charge is -2.34. The van der Waals surface area contributed by atoms with Crippen molar-refractivity contribution in [1.82, 2.24) is 4.57 Å². The van der Waals surface area contributed by atoms with Crippen LogP contribution in [-0.2, 0) is 12.0 Å². The highest BCUT2D eigenvalue weighted by Crippen LogP contribution is 2.57. The van der Waals surface area contributed by atoms with Crippen molar-refractivity contribution in [2.24, 2.45) is 0 Å². The molecule has 1 heterocycles. The Bertz CT molecular complexity index is 1740. The third-order valence-electron chi connectivity index (χ3n) is 7.79. The van der Waals surface area contributed by atoms with Gasteiger partial charge in [-0.2, -0.15) is 0 Å². The fraction of sp³-hybridized carbons (Fsp3) is 0.0909. The van der Waals surface area contributed by atoms with Gasteiger partial charge < -0.3 is 4.57 Å². The van der Waals surface area contributed by atoms with Crippen molar-refractivity contribution in [2.45, 2.75) is 18.9 Å². The molecule has 7 rings (SSSR count). The molecule has 1 aliphatic carbocycles. The van der Waals surface area contributed by atoms with Crippen LogP contribution in [0.25, 0.3) is 32.9 Å². The summed E-state index contributed by atoms with van der Waals surface area (Å²) in [6.07, 6.45) is 0. The topological polar surface area (TPSA) is 4.93 Å². The Kier molecular flexibility index (Phi) is 5.03. The number of benzene rings is 5. The van der Waals surface area contributed by atoms with E-state index in [2.05, 4.69) is 153 Å².